The van der Waals surface area contributed by atoms with E-state index in [1.54, 1.807) is 18.2 Å². The van der Waals surface area contributed by atoms with Crippen LogP contribution in [0.25, 0.3) is 0 Å². The van der Waals surface area contributed by atoms with E-state index in [1.807, 2.05) is 12.1 Å². The average molecular weight is 401 g/mol. The zero-order valence-corrected chi connectivity index (χ0v) is 12.9. The number of carbonyl (C=O) groups excluding carboxylic acids is 1. The lowest BCUT2D eigenvalue weighted by Gasteiger charge is -2.01. The van der Waals surface area contributed by atoms with Crippen LogP contribution in [0.5, 0.6) is 0 Å². The highest BCUT2D eigenvalue weighted by Gasteiger charge is 2.09. The van der Waals surface area contributed by atoms with Gasteiger partial charge in [-0.3, -0.25) is 14.9 Å². The zero-order valence-electron chi connectivity index (χ0n) is 9.95. The number of hydrogen-bond acceptors (Lipinski definition) is 5. The first-order chi connectivity index (χ1) is 9.58. The van der Waals surface area contributed by atoms with E-state index in [4.69, 9.17) is 0 Å². The van der Waals surface area contributed by atoms with Gasteiger partial charge in [0.25, 0.3) is 5.91 Å². The second-order valence-corrected chi connectivity index (χ2v) is 5.87. The highest BCUT2D eigenvalue weighted by Crippen LogP contribution is 2.22. The molecule has 8 heteroatoms. The first-order valence-corrected chi connectivity index (χ1v) is 7.29. The largest absolute Gasteiger partial charge is 0.324 e. The van der Waals surface area contributed by atoms with Gasteiger partial charge in [-0.1, -0.05) is 23.5 Å². The molecule has 1 N–H and O–H groups in total. The van der Waals surface area contributed by atoms with Gasteiger partial charge in [0, 0.05) is 9.64 Å². The minimum Gasteiger partial charge on any atom is -0.267 e. The number of hydrazone groups is 1. The third kappa shape index (κ3) is 3.61. The van der Waals surface area contributed by atoms with Crippen molar-refractivity contribution >= 4 is 51.1 Å². The number of benzene rings is 1. The van der Waals surface area contributed by atoms with Gasteiger partial charge < -0.3 is 0 Å². The zero-order chi connectivity index (χ0) is 14.5. The Kier molecular flexibility index (Phi) is 4.79. The van der Waals surface area contributed by atoms with Crippen LogP contribution in [0, 0.1) is 13.7 Å². The van der Waals surface area contributed by atoms with Crippen molar-refractivity contribution in [1.82, 2.24) is 5.43 Å². The third-order valence-electron chi connectivity index (χ3n) is 2.27. The summed E-state index contributed by atoms with van der Waals surface area (Å²) in [5, 5.41) is 14.3. The van der Waals surface area contributed by atoms with Crippen molar-refractivity contribution in [1.29, 1.82) is 0 Å². The summed E-state index contributed by atoms with van der Waals surface area (Å²) in [7, 11) is 0. The lowest BCUT2D eigenvalue weighted by molar-refractivity contribution is -0.380. The maximum Gasteiger partial charge on any atom is 0.324 e. The fourth-order valence-corrected chi connectivity index (χ4v) is 2.70. The molecule has 0 fully saturated rings. The summed E-state index contributed by atoms with van der Waals surface area (Å²) in [6, 6.07) is 10.1. The van der Waals surface area contributed by atoms with Gasteiger partial charge in [-0.05, 0) is 40.8 Å². The average Bonchev–Trinajstić information content (AvgIpc) is 2.88. The van der Waals surface area contributed by atoms with Crippen LogP contribution in [-0.4, -0.2) is 17.0 Å². The van der Waals surface area contributed by atoms with E-state index in [9.17, 15) is 14.9 Å². The second-order valence-electron chi connectivity index (χ2n) is 3.61. The lowest BCUT2D eigenvalue weighted by atomic mass is 10.2. The molecule has 1 aromatic heterocycles. The van der Waals surface area contributed by atoms with E-state index in [0.717, 1.165) is 14.9 Å². The number of amides is 1. The molecular weight excluding hydrogens is 393 g/mol. The Morgan fingerprint density at radius 3 is 2.75 bits per heavy atom. The summed E-state index contributed by atoms with van der Waals surface area (Å²) >= 11 is 3.05. The molecule has 0 saturated carbocycles. The van der Waals surface area contributed by atoms with E-state index < -0.39 is 4.92 Å². The summed E-state index contributed by atoms with van der Waals surface area (Å²) in [4.78, 5) is 22.5. The number of rotatable bonds is 4. The van der Waals surface area contributed by atoms with Gasteiger partial charge in [0.2, 0.25) is 0 Å². The molecule has 102 valence electrons. The first kappa shape index (κ1) is 14.6. The molecule has 2 rings (SSSR count). The summed E-state index contributed by atoms with van der Waals surface area (Å²) in [5.41, 5.74) is 2.92. The molecule has 0 saturated heterocycles. The molecule has 0 aliphatic rings. The van der Waals surface area contributed by atoms with Crippen molar-refractivity contribution < 1.29 is 9.72 Å². The SMILES string of the molecule is O=C(N/N=C/c1ccc([N+](=O)[O-])s1)c1ccccc1I. The maximum absolute atomic E-state index is 11.8. The van der Waals surface area contributed by atoms with Gasteiger partial charge in [-0.2, -0.15) is 5.10 Å². The Hall–Kier alpha value is -1.81. The monoisotopic (exact) mass is 401 g/mol. The lowest BCUT2D eigenvalue weighted by Crippen LogP contribution is -2.18. The highest BCUT2D eigenvalue weighted by atomic mass is 127. The second kappa shape index (κ2) is 6.57. The number of nitro groups is 1. The standard InChI is InChI=1S/C12H8IN3O3S/c13-10-4-2-1-3-9(10)12(17)15-14-7-8-5-6-11(20-8)16(18)19/h1-7H,(H,15,17)/b14-7+. The van der Waals surface area contributed by atoms with Crippen LogP contribution < -0.4 is 5.43 Å². The molecule has 0 bridgehead atoms. The van der Waals surface area contributed by atoms with E-state index in [2.05, 4.69) is 33.1 Å². The quantitative estimate of drug-likeness (QED) is 0.370. The molecule has 0 unspecified atom stereocenters. The number of carbonyl (C=O) groups is 1. The predicted octanol–water partition coefficient (Wildman–Crippen LogP) is 3.02. The van der Waals surface area contributed by atoms with E-state index in [1.165, 1.54) is 12.3 Å². The van der Waals surface area contributed by atoms with Crippen molar-refractivity contribution in [3.8, 4) is 0 Å². The van der Waals surface area contributed by atoms with Gasteiger partial charge in [-0.15, -0.1) is 0 Å². The fraction of sp³-hybridized carbons (Fsp3) is 0. The molecule has 2 aromatic rings. The molecule has 0 aliphatic heterocycles. The van der Waals surface area contributed by atoms with Crippen LogP contribution in [0.1, 0.15) is 15.2 Å². The van der Waals surface area contributed by atoms with Gasteiger partial charge in [0.05, 0.1) is 21.6 Å². The molecule has 0 radical (unpaired) electrons. The normalized spacial score (nSPS) is 10.7. The molecule has 20 heavy (non-hydrogen) atoms. The Morgan fingerprint density at radius 2 is 2.10 bits per heavy atom. The van der Waals surface area contributed by atoms with Crippen molar-refractivity contribution in [3.05, 3.63) is 60.5 Å². The van der Waals surface area contributed by atoms with Crippen LogP contribution in [0.15, 0.2) is 41.5 Å². The molecule has 0 atom stereocenters. The van der Waals surface area contributed by atoms with Crippen LogP contribution >= 0.6 is 33.9 Å². The summed E-state index contributed by atoms with van der Waals surface area (Å²) < 4.78 is 0.824. The van der Waals surface area contributed by atoms with E-state index >= 15 is 0 Å². The Balaban J connectivity index is 2.01. The van der Waals surface area contributed by atoms with Crippen LogP contribution in [0.4, 0.5) is 5.00 Å². The van der Waals surface area contributed by atoms with E-state index in [-0.39, 0.29) is 10.9 Å². The van der Waals surface area contributed by atoms with Crippen LogP contribution in [0.2, 0.25) is 0 Å². The van der Waals surface area contributed by atoms with Gasteiger partial charge >= 0.3 is 5.00 Å². The Bertz CT molecular complexity index is 684. The first-order valence-electron chi connectivity index (χ1n) is 5.40. The number of hydrogen-bond donors (Lipinski definition) is 1. The van der Waals surface area contributed by atoms with Crippen LogP contribution in [-0.2, 0) is 0 Å². The highest BCUT2D eigenvalue weighted by molar-refractivity contribution is 14.1. The number of halogens is 1. The van der Waals surface area contributed by atoms with Crippen LogP contribution in [0.3, 0.4) is 0 Å². The minimum absolute atomic E-state index is 0.0374. The molecule has 0 spiro atoms. The molecule has 1 amide bonds. The molecule has 1 aromatic carbocycles. The molecule has 0 aliphatic carbocycles. The van der Waals surface area contributed by atoms with Crippen molar-refractivity contribution in [2.45, 2.75) is 0 Å². The third-order valence-corrected chi connectivity index (χ3v) is 4.18. The number of thiophene rings is 1. The Morgan fingerprint density at radius 1 is 1.35 bits per heavy atom. The van der Waals surface area contributed by atoms with Gasteiger partial charge in [0.15, 0.2) is 0 Å². The summed E-state index contributed by atoms with van der Waals surface area (Å²) in [5.74, 6) is -0.322. The smallest absolute Gasteiger partial charge is 0.267 e. The fourth-order valence-electron chi connectivity index (χ4n) is 1.37. The van der Waals surface area contributed by atoms with Gasteiger partial charge in [0.1, 0.15) is 0 Å². The van der Waals surface area contributed by atoms with Crippen molar-refractivity contribution in [2.24, 2.45) is 5.10 Å². The molecule has 1 heterocycles. The van der Waals surface area contributed by atoms with Crippen molar-refractivity contribution in [2.75, 3.05) is 0 Å². The van der Waals surface area contributed by atoms with Crippen molar-refractivity contribution in [3.63, 3.8) is 0 Å². The topological polar surface area (TPSA) is 84.6 Å². The minimum atomic E-state index is -0.465. The Labute approximate surface area is 131 Å². The van der Waals surface area contributed by atoms with Gasteiger partial charge in [-0.25, -0.2) is 5.43 Å². The maximum atomic E-state index is 11.8. The number of nitrogens with zero attached hydrogens (tertiary/aromatic N) is 2. The summed E-state index contributed by atoms with van der Waals surface area (Å²) in [6.45, 7) is 0. The molecule has 6 nitrogen and oxygen atoms in total. The number of nitrogens with one attached hydrogen (secondary N) is 1. The summed E-state index contributed by atoms with van der Waals surface area (Å²) in [6.07, 6.45) is 1.38. The van der Waals surface area contributed by atoms with E-state index in [0.29, 0.717) is 10.4 Å². The molecular formula is C12H8IN3O3S. The predicted molar refractivity (Wildman–Crippen MR) is 85.2 cm³/mol.